The van der Waals surface area contributed by atoms with E-state index in [1.54, 1.807) is 13.0 Å². The van der Waals surface area contributed by atoms with Crippen molar-refractivity contribution in [2.24, 2.45) is 5.41 Å². The molecule has 2 fully saturated rings. The van der Waals surface area contributed by atoms with Gasteiger partial charge >= 0.3 is 17.8 Å². The summed E-state index contributed by atoms with van der Waals surface area (Å²) in [6, 6.07) is 6.22. The van der Waals surface area contributed by atoms with Crippen LogP contribution >= 0.6 is 11.6 Å². The predicted molar refractivity (Wildman–Crippen MR) is 136 cm³/mol. The number of alkyl halides is 3. The molecule has 0 saturated carbocycles. The van der Waals surface area contributed by atoms with Crippen molar-refractivity contribution >= 4 is 23.4 Å². The van der Waals surface area contributed by atoms with Crippen LogP contribution in [-0.4, -0.2) is 62.7 Å². The molecule has 39 heavy (non-hydrogen) atoms. The minimum Gasteiger partial charge on any atom is -0.480 e. The van der Waals surface area contributed by atoms with Crippen LogP contribution in [0.2, 0.25) is 5.02 Å². The molecule has 2 saturated heterocycles. The number of nitrogens with one attached hydrogen (secondary N) is 2. The number of aromatic amines is 1. The first-order valence-corrected chi connectivity index (χ1v) is 12.7. The lowest BCUT2D eigenvalue weighted by Gasteiger charge is -2.39. The van der Waals surface area contributed by atoms with Crippen molar-refractivity contribution in [3.05, 3.63) is 63.3 Å². The number of benzene rings is 1. The lowest BCUT2D eigenvalue weighted by molar-refractivity contribution is -0.198. The molecule has 2 atom stereocenters. The van der Waals surface area contributed by atoms with Gasteiger partial charge in [-0.1, -0.05) is 17.7 Å². The maximum atomic E-state index is 14.3. The van der Waals surface area contributed by atoms with E-state index in [2.05, 4.69) is 20.4 Å². The molecule has 10 nitrogen and oxygen atoms in total. The van der Waals surface area contributed by atoms with Gasteiger partial charge in [-0.05, 0) is 49.8 Å². The highest BCUT2D eigenvalue weighted by molar-refractivity contribution is 6.30. The molecule has 14 heteroatoms. The third kappa shape index (κ3) is 5.74. The number of nitrogens with zero attached hydrogens (tertiary/aromatic N) is 4. The summed E-state index contributed by atoms with van der Waals surface area (Å²) in [5, 5.41) is 16.8. The summed E-state index contributed by atoms with van der Waals surface area (Å²) in [6.45, 7) is 3.24. The van der Waals surface area contributed by atoms with Crippen LogP contribution in [0.15, 0.2) is 41.3 Å². The van der Waals surface area contributed by atoms with Crippen LogP contribution < -0.4 is 20.6 Å². The van der Waals surface area contributed by atoms with Crippen molar-refractivity contribution in [2.45, 2.75) is 44.5 Å². The highest BCUT2D eigenvalue weighted by Crippen LogP contribution is 2.42. The van der Waals surface area contributed by atoms with Crippen LogP contribution in [0.5, 0.6) is 5.88 Å². The van der Waals surface area contributed by atoms with Gasteiger partial charge in [-0.3, -0.25) is 9.78 Å². The zero-order chi connectivity index (χ0) is 27.9. The first-order chi connectivity index (χ1) is 18.4. The van der Waals surface area contributed by atoms with Crippen LogP contribution in [0.4, 0.5) is 19.0 Å². The van der Waals surface area contributed by atoms with E-state index in [1.807, 2.05) is 4.90 Å². The van der Waals surface area contributed by atoms with E-state index in [0.29, 0.717) is 44.6 Å². The van der Waals surface area contributed by atoms with Gasteiger partial charge in [0.1, 0.15) is 11.9 Å². The van der Waals surface area contributed by atoms with Crippen molar-refractivity contribution in [3.63, 3.8) is 0 Å². The summed E-state index contributed by atoms with van der Waals surface area (Å²) in [5.41, 5.74) is -0.601. The Hall–Kier alpha value is -3.58. The van der Waals surface area contributed by atoms with E-state index in [9.17, 15) is 27.9 Å². The number of carboxylic acids is 1. The quantitative estimate of drug-likeness (QED) is 0.413. The number of aryl methyl sites for hydroxylation is 1. The fourth-order valence-corrected chi connectivity index (χ4v) is 5.43. The van der Waals surface area contributed by atoms with E-state index in [1.165, 1.54) is 35.1 Å². The van der Waals surface area contributed by atoms with Crippen LogP contribution in [-0.2, 0) is 4.79 Å². The Kier molecular flexibility index (Phi) is 7.06. The van der Waals surface area contributed by atoms with Gasteiger partial charge in [-0.25, -0.2) is 9.48 Å². The van der Waals surface area contributed by atoms with Crippen molar-refractivity contribution < 1.29 is 27.8 Å². The third-order valence-corrected chi connectivity index (χ3v) is 7.55. The Labute approximate surface area is 225 Å². The molecular formula is C25H26ClF3N6O4. The summed E-state index contributed by atoms with van der Waals surface area (Å²) >= 11 is 6.09. The van der Waals surface area contributed by atoms with Gasteiger partial charge in [-0.15, -0.1) is 0 Å². The molecule has 208 valence electrons. The highest BCUT2D eigenvalue weighted by atomic mass is 35.5. The molecule has 0 aliphatic carbocycles. The van der Waals surface area contributed by atoms with E-state index >= 15 is 0 Å². The minimum atomic E-state index is -4.86. The number of aliphatic carboxylic acids is 1. The zero-order valence-corrected chi connectivity index (χ0v) is 21.6. The SMILES string of the molecule is Cc1ccn(-c2cc(Cl)ccc2[C@@H](Oc2cc(N3CCC4(CC3)CNC(C(=O)O)C4)[nH]c(=O)n2)C(F)(F)F)n1. The van der Waals surface area contributed by atoms with Gasteiger partial charge < -0.3 is 20.1 Å². The number of rotatable bonds is 6. The number of carbonyl (C=O) groups is 1. The minimum absolute atomic E-state index is 0.0779. The van der Waals surface area contributed by atoms with Crippen molar-refractivity contribution in [1.82, 2.24) is 25.1 Å². The number of hydrogen-bond acceptors (Lipinski definition) is 7. The molecule has 2 aliphatic heterocycles. The van der Waals surface area contributed by atoms with Crippen molar-refractivity contribution in [3.8, 4) is 11.6 Å². The highest BCUT2D eigenvalue weighted by Gasteiger charge is 2.46. The van der Waals surface area contributed by atoms with E-state index in [0.717, 1.165) is 0 Å². The van der Waals surface area contributed by atoms with E-state index in [4.69, 9.17) is 16.3 Å². The normalized spacial score (nSPS) is 19.8. The van der Waals surface area contributed by atoms with E-state index in [-0.39, 0.29) is 27.5 Å². The molecule has 2 aromatic heterocycles. The average Bonchev–Trinajstić information content (AvgIpc) is 3.49. The molecule has 5 rings (SSSR count). The third-order valence-electron chi connectivity index (χ3n) is 7.31. The number of ether oxygens (including phenoxy) is 1. The Morgan fingerprint density at radius 3 is 2.62 bits per heavy atom. The number of carboxylic acid groups (broad SMARTS) is 1. The molecule has 2 aliphatic rings. The Morgan fingerprint density at radius 2 is 2.00 bits per heavy atom. The molecule has 0 amide bonds. The average molecular weight is 567 g/mol. The number of aromatic nitrogens is 4. The van der Waals surface area contributed by atoms with Gasteiger partial charge in [0, 0.05) is 42.5 Å². The van der Waals surface area contributed by atoms with Crippen LogP contribution in [0, 0.1) is 12.3 Å². The molecule has 0 bridgehead atoms. The zero-order valence-electron chi connectivity index (χ0n) is 20.8. The smallest absolute Gasteiger partial charge is 0.429 e. The maximum absolute atomic E-state index is 14.3. The van der Waals surface area contributed by atoms with Crippen LogP contribution in [0.25, 0.3) is 5.69 Å². The number of hydrogen-bond donors (Lipinski definition) is 3. The summed E-state index contributed by atoms with van der Waals surface area (Å²) in [5.74, 6) is -1.09. The number of piperidine rings is 1. The van der Waals surface area contributed by atoms with Gasteiger partial charge in [0.05, 0.1) is 11.4 Å². The van der Waals surface area contributed by atoms with Gasteiger partial charge in [0.2, 0.25) is 12.0 Å². The molecule has 1 spiro atoms. The second kappa shape index (κ2) is 10.2. The topological polar surface area (TPSA) is 125 Å². The lowest BCUT2D eigenvalue weighted by Crippen LogP contribution is -2.42. The van der Waals surface area contributed by atoms with Crippen molar-refractivity contribution in [2.75, 3.05) is 24.5 Å². The Morgan fingerprint density at radius 1 is 1.26 bits per heavy atom. The van der Waals surface area contributed by atoms with Gasteiger partial charge in [-0.2, -0.15) is 23.3 Å². The summed E-state index contributed by atoms with van der Waals surface area (Å²) in [7, 11) is 0. The molecule has 3 aromatic rings. The molecule has 3 N–H and O–H groups in total. The number of H-pyrrole nitrogens is 1. The van der Waals surface area contributed by atoms with Gasteiger partial charge in [0.15, 0.2) is 0 Å². The number of anilines is 1. The second-order valence-electron chi connectivity index (χ2n) is 10.0. The molecule has 1 unspecified atom stereocenters. The predicted octanol–water partition coefficient (Wildman–Crippen LogP) is 3.63. The van der Waals surface area contributed by atoms with E-state index < -0.39 is 35.9 Å². The monoisotopic (exact) mass is 566 g/mol. The largest absolute Gasteiger partial charge is 0.480 e. The first kappa shape index (κ1) is 27.0. The number of halogens is 4. The summed E-state index contributed by atoms with van der Waals surface area (Å²) in [4.78, 5) is 31.8. The fourth-order valence-electron chi connectivity index (χ4n) is 5.26. The maximum Gasteiger partial charge on any atom is 0.429 e. The second-order valence-corrected chi connectivity index (χ2v) is 10.5. The Balaban J connectivity index is 1.40. The molecule has 0 radical (unpaired) electrons. The van der Waals surface area contributed by atoms with Gasteiger partial charge in [0.25, 0.3) is 0 Å². The van der Waals surface area contributed by atoms with Crippen LogP contribution in [0.1, 0.15) is 36.6 Å². The summed E-state index contributed by atoms with van der Waals surface area (Å²) in [6.07, 6.45) is -3.98. The summed E-state index contributed by atoms with van der Waals surface area (Å²) < 4.78 is 49.7. The lowest BCUT2D eigenvalue weighted by atomic mass is 9.76. The molecular weight excluding hydrogens is 541 g/mol. The fraction of sp³-hybridized carbons (Fsp3) is 0.440. The molecule has 4 heterocycles. The Bertz CT molecular complexity index is 1430. The van der Waals surface area contributed by atoms with Crippen molar-refractivity contribution in [1.29, 1.82) is 0 Å². The molecule has 1 aromatic carbocycles. The first-order valence-electron chi connectivity index (χ1n) is 12.3. The van der Waals surface area contributed by atoms with Crippen LogP contribution in [0.3, 0.4) is 0 Å². The standard InChI is InChI=1S/C25H26ClF3N6O4/c1-14-4-7-35(33-14)18-10-15(26)2-3-16(18)21(25(27,28)29)39-20-11-19(31-23(38)32-20)34-8-5-24(6-9-34)12-17(22(36)37)30-13-24/h2-4,7,10-11,17,21,30H,5-6,8-9,12-13H2,1H3,(H,36,37)(H,31,32,38)/t17?,21-/m1/s1.